The van der Waals surface area contributed by atoms with E-state index in [0.29, 0.717) is 23.7 Å². The summed E-state index contributed by atoms with van der Waals surface area (Å²) in [5, 5.41) is 3.94. The highest BCUT2D eigenvalue weighted by atomic mass is 16.5. The van der Waals surface area contributed by atoms with Gasteiger partial charge in [-0.1, -0.05) is 6.92 Å². The summed E-state index contributed by atoms with van der Waals surface area (Å²) in [4.78, 5) is 15.7. The molecule has 23 heavy (non-hydrogen) atoms. The van der Waals surface area contributed by atoms with Crippen LogP contribution in [0.4, 0.5) is 0 Å². The van der Waals surface area contributed by atoms with Gasteiger partial charge in [-0.05, 0) is 42.3 Å². The summed E-state index contributed by atoms with van der Waals surface area (Å²) in [6, 6.07) is 8.82. The van der Waals surface area contributed by atoms with E-state index in [2.05, 4.69) is 15.5 Å². The first-order valence-corrected chi connectivity index (χ1v) is 7.29. The largest absolute Gasteiger partial charge is 0.493 e. The molecule has 0 spiro atoms. The van der Waals surface area contributed by atoms with Crippen LogP contribution in [-0.2, 0) is 0 Å². The molecule has 0 saturated carbocycles. The van der Waals surface area contributed by atoms with Crippen LogP contribution in [-0.4, -0.2) is 30.8 Å². The highest BCUT2D eigenvalue weighted by molar-refractivity contribution is 5.94. The number of nitrogens with one attached hydrogen (secondary N) is 1. The number of pyridine rings is 1. The summed E-state index contributed by atoms with van der Waals surface area (Å²) in [5.74, 6) is 0.996. The van der Waals surface area contributed by atoms with Crippen LogP contribution >= 0.6 is 0 Å². The lowest BCUT2D eigenvalue weighted by atomic mass is 10.2. The summed E-state index contributed by atoms with van der Waals surface area (Å²) in [7, 11) is 1.58. The molecule has 0 aliphatic rings. The molecule has 0 aliphatic heterocycles. The number of hydrogen-bond acceptors (Lipinski definition) is 5. The van der Waals surface area contributed by atoms with Crippen LogP contribution in [0.5, 0.6) is 11.5 Å². The van der Waals surface area contributed by atoms with E-state index in [9.17, 15) is 4.79 Å². The zero-order valence-electron chi connectivity index (χ0n) is 13.2. The molecule has 1 amide bonds. The third kappa shape index (κ3) is 4.81. The van der Waals surface area contributed by atoms with Gasteiger partial charge in [0.05, 0.1) is 25.5 Å². The maximum Gasteiger partial charge on any atom is 0.272 e. The Bertz CT molecular complexity index is 672. The molecule has 0 unspecified atom stereocenters. The van der Waals surface area contributed by atoms with Crippen molar-refractivity contribution >= 4 is 12.1 Å². The molecule has 2 aromatic rings. The van der Waals surface area contributed by atoms with Gasteiger partial charge in [0, 0.05) is 12.4 Å². The van der Waals surface area contributed by atoms with Crippen LogP contribution in [0.2, 0.25) is 0 Å². The zero-order valence-corrected chi connectivity index (χ0v) is 13.2. The highest BCUT2D eigenvalue weighted by Gasteiger charge is 2.05. The summed E-state index contributed by atoms with van der Waals surface area (Å²) in [6.07, 6.45) is 5.55. The van der Waals surface area contributed by atoms with Gasteiger partial charge < -0.3 is 9.47 Å². The van der Waals surface area contributed by atoms with Gasteiger partial charge in [-0.3, -0.25) is 9.78 Å². The van der Waals surface area contributed by atoms with Crippen LogP contribution in [0.3, 0.4) is 0 Å². The van der Waals surface area contributed by atoms with Crippen LogP contribution in [0, 0.1) is 0 Å². The average molecular weight is 313 g/mol. The van der Waals surface area contributed by atoms with E-state index < -0.39 is 0 Å². The second-order valence-electron chi connectivity index (χ2n) is 4.70. The minimum atomic E-state index is -0.316. The molecule has 120 valence electrons. The fourth-order valence-electron chi connectivity index (χ4n) is 1.82. The number of benzene rings is 1. The van der Waals surface area contributed by atoms with Gasteiger partial charge in [0.15, 0.2) is 11.5 Å². The van der Waals surface area contributed by atoms with E-state index in [4.69, 9.17) is 9.47 Å². The first-order chi connectivity index (χ1) is 11.2. The summed E-state index contributed by atoms with van der Waals surface area (Å²) in [6.45, 7) is 2.67. The molecule has 6 nitrogen and oxygen atoms in total. The Morgan fingerprint density at radius 3 is 2.91 bits per heavy atom. The molecule has 0 saturated heterocycles. The molecule has 0 bridgehead atoms. The van der Waals surface area contributed by atoms with E-state index in [1.807, 2.05) is 19.1 Å². The Balaban J connectivity index is 2.00. The topological polar surface area (TPSA) is 72.8 Å². The number of hydrogen-bond donors (Lipinski definition) is 1. The predicted molar refractivity (Wildman–Crippen MR) is 88.1 cm³/mol. The second-order valence-corrected chi connectivity index (χ2v) is 4.70. The average Bonchev–Trinajstić information content (AvgIpc) is 2.61. The first kappa shape index (κ1) is 16.5. The number of amides is 1. The molecule has 0 atom stereocenters. The summed E-state index contributed by atoms with van der Waals surface area (Å²) < 4.78 is 10.9. The van der Waals surface area contributed by atoms with E-state index in [1.54, 1.807) is 37.7 Å². The third-order valence-corrected chi connectivity index (χ3v) is 2.95. The number of hydrazone groups is 1. The summed E-state index contributed by atoms with van der Waals surface area (Å²) >= 11 is 0. The molecule has 0 aliphatic carbocycles. The first-order valence-electron chi connectivity index (χ1n) is 7.29. The Morgan fingerprint density at radius 1 is 1.35 bits per heavy atom. The van der Waals surface area contributed by atoms with Gasteiger partial charge in [0.25, 0.3) is 5.91 Å². The Kier molecular flexibility index (Phi) is 6.11. The van der Waals surface area contributed by atoms with E-state index in [-0.39, 0.29) is 5.91 Å². The Labute approximate surface area is 135 Å². The number of carbonyl (C=O) groups excluding carboxylic acids is 1. The quantitative estimate of drug-likeness (QED) is 0.630. The van der Waals surface area contributed by atoms with Crippen molar-refractivity contribution in [3.8, 4) is 11.5 Å². The van der Waals surface area contributed by atoms with Crippen molar-refractivity contribution in [3.63, 3.8) is 0 Å². The third-order valence-electron chi connectivity index (χ3n) is 2.95. The van der Waals surface area contributed by atoms with Crippen LogP contribution in [0.1, 0.15) is 29.3 Å². The lowest BCUT2D eigenvalue weighted by Gasteiger charge is -2.10. The smallest absolute Gasteiger partial charge is 0.272 e. The molecular formula is C17H19N3O3. The van der Waals surface area contributed by atoms with Gasteiger partial charge in [0.2, 0.25) is 0 Å². The lowest BCUT2D eigenvalue weighted by molar-refractivity contribution is 0.0955. The van der Waals surface area contributed by atoms with Gasteiger partial charge in [0.1, 0.15) is 0 Å². The molecule has 1 heterocycles. The zero-order chi connectivity index (χ0) is 16.5. The highest BCUT2D eigenvalue weighted by Crippen LogP contribution is 2.27. The van der Waals surface area contributed by atoms with Gasteiger partial charge in [-0.15, -0.1) is 0 Å². The Hall–Kier alpha value is -2.89. The second kappa shape index (κ2) is 8.53. The minimum Gasteiger partial charge on any atom is -0.493 e. The van der Waals surface area contributed by atoms with E-state index in [0.717, 1.165) is 12.0 Å². The molecule has 2 rings (SSSR count). The SMILES string of the molecule is CCCOc1ccc(C=NNC(=O)c2cccnc2)cc1OC. The monoisotopic (exact) mass is 313 g/mol. The van der Waals surface area contributed by atoms with Gasteiger partial charge in [-0.25, -0.2) is 5.43 Å². The fraction of sp³-hybridized carbons (Fsp3) is 0.235. The molecule has 6 heteroatoms. The van der Waals surface area contributed by atoms with Crippen molar-refractivity contribution in [2.75, 3.05) is 13.7 Å². The van der Waals surface area contributed by atoms with Gasteiger partial charge in [-0.2, -0.15) is 5.10 Å². The van der Waals surface area contributed by atoms with Crippen molar-refractivity contribution in [2.24, 2.45) is 5.10 Å². The summed E-state index contributed by atoms with van der Waals surface area (Å²) in [5.41, 5.74) is 3.69. The Morgan fingerprint density at radius 2 is 2.22 bits per heavy atom. The van der Waals surface area contributed by atoms with Crippen molar-refractivity contribution < 1.29 is 14.3 Å². The van der Waals surface area contributed by atoms with Crippen molar-refractivity contribution in [3.05, 3.63) is 53.9 Å². The van der Waals surface area contributed by atoms with Crippen LogP contribution in [0.15, 0.2) is 47.8 Å². The van der Waals surface area contributed by atoms with Gasteiger partial charge >= 0.3 is 0 Å². The van der Waals surface area contributed by atoms with E-state index >= 15 is 0 Å². The minimum absolute atomic E-state index is 0.316. The maximum absolute atomic E-state index is 11.8. The number of aromatic nitrogens is 1. The molecule has 0 radical (unpaired) electrons. The lowest BCUT2D eigenvalue weighted by Crippen LogP contribution is -2.17. The molecule has 1 N–H and O–H groups in total. The van der Waals surface area contributed by atoms with Crippen LogP contribution in [0.25, 0.3) is 0 Å². The maximum atomic E-state index is 11.8. The molecular weight excluding hydrogens is 294 g/mol. The fourth-order valence-corrected chi connectivity index (χ4v) is 1.82. The molecule has 0 fully saturated rings. The number of carbonyl (C=O) groups is 1. The van der Waals surface area contributed by atoms with Crippen LogP contribution < -0.4 is 14.9 Å². The van der Waals surface area contributed by atoms with Crippen molar-refractivity contribution in [1.82, 2.24) is 10.4 Å². The normalized spacial score (nSPS) is 10.5. The number of ether oxygens (including phenoxy) is 2. The predicted octanol–water partition coefficient (Wildman–Crippen LogP) is 2.64. The molecule has 1 aromatic heterocycles. The van der Waals surface area contributed by atoms with E-state index in [1.165, 1.54) is 6.20 Å². The number of methoxy groups -OCH3 is 1. The molecule has 1 aromatic carbocycles. The van der Waals surface area contributed by atoms with Crippen molar-refractivity contribution in [1.29, 1.82) is 0 Å². The number of nitrogens with zero attached hydrogens (tertiary/aromatic N) is 2. The van der Waals surface area contributed by atoms with Crippen molar-refractivity contribution in [2.45, 2.75) is 13.3 Å². The number of rotatable bonds is 7. The standard InChI is InChI=1S/C17H19N3O3/c1-3-9-23-15-7-6-13(10-16(15)22-2)11-19-20-17(21)14-5-4-8-18-12-14/h4-8,10-12H,3,9H2,1-2H3,(H,20,21).